The van der Waals surface area contributed by atoms with Crippen LogP contribution in [-0.2, 0) is 0 Å². The van der Waals surface area contributed by atoms with Gasteiger partial charge >= 0.3 is 0 Å². The zero-order valence-corrected chi connectivity index (χ0v) is 11.5. The SMILES string of the molecule is COc1cccc(-c2ncc3[nH]c4ccccc4c3n2)c1. The van der Waals surface area contributed by atoms with Gasteiger partial charge in [0.1, 0.15) is 5.75 Å². The summed E-state index contributed by atoms with van der Waals surface area (Å²) < 4.78 is 5.26. The molecule has 2 aromatic carbocycles. The molecule has 0 amide bonds. The van der Waals surface area contributed by atoms with E-state index in [4.69, 9.17) is 9.72 Å². The molecule has 0 saturated heterocycles. The third-order valence-electron chi connectivity index (χ3n) is 3.57. The molecule has 2 heterocycles. The number of para-hydroxylation sites is 1. The van der Waals surface area contributed by atoms with Crippen LogP contribution in [0.1, 0.15) is 0 Å². The molecule has 0 aliphatic heterocycles. The number of benzene rings is 2. The quantitative estimate of drug-likeness (QED) is 0.605. The van der Waals surface area contributed by atoms with Crippen molar-refractivity contribution in [2.75, 3.05) is 7.11 Å². The number of aromatic nitrogens is 3. The van der Waals surface area contributed by atoms with Crippen molar-refractivity contribution in [1.82, 2.24) is 15.0 Å². The summed E-state index contributed by atoms with van der Waals surface area (Å²) >= 11 is 0. The standard InChI is InChI=1S/C17H13N3O/c1-21-12-6-4-5-11(9-12)17-18-10-15-16(20-17)13-7-2-3-8-14(13)19-15/h2-10,19H,1H3. The van der Waals surface area contributed by atoms with E-state index in [-0.39, 0.29) is 0 Å². The third-order valence-corrected chi connectivity index (χ3v) is 3.57. The van der Waals surface area contributed by atoms with E-state index >= 15 is 0 Å². The van der Waals surface area contributed by atoms with E-state index in [0.29, 0.717) is 5.82 Å². The maximum Gasteiger partial charge on any atom is 0.160 e. The molecule has 0 fully saturated rings. The first-order chi connectivity index (χ1) is 10.3. The Morgan fingerprint density at radius 3 is 2.81 bits per heavy atom. The van der Waals surface area contributed by atoms with Crippen molar-refractivity contribution in [3.8, 4) is 17.1 Å². The Bertz CT molecular complexity index is 943. The maximum atomic E-state index is 5.26. The van der Waals surface area contributed by atoms with Gasteiger partial charge in [-0.15, -0.1) is 0 Å². The van der Waals surface area contributed by atoms with Gasteiger partial charge in [0.25, 0.3) is 0 Å². The number of ether oxygens (including phenoxy) is 1. The summed E-state index contributed by atoms with van der Waals surface area (Å²) in [6.07, 6.45) is 1.83. The topological polar surface area (TPSA) is 50.8 Å². The molecule has 0 aliphatic carbocycles. The minimum Gasteiger partial charge on any atom is -0.497 e. The summed E-state index contributed by atoms with van der Waals surface area (Å²) in [6.45, 7) is 0. The Balaban J connectivity index is 1.95. The van der Waals surface area contributed by atoms with Crippen molar-refractivity contribution in [2.45, 2.75) is 0 Å². The number of nitrogens with one attached hydrogen (secondary N) is 1. The molecule has 4 aromatic rings. The zero-order chi connectivity index (χ0) is 14.2. The first-order valence-electron chi connectivity index (χ1n) is 6.73. The Labute approximate surface area is 121 Å². The fourth-order valence-corrected chi connectivity index (χ4v) is 2.52. The monoisotopic (exact) mass is 275 g/mol. The molecule has 4 rings (SSSR count). The van der Waals surface area contributed by atoms with Crippen LogP contribution in [0.2, 0.25) is 0 Å². The van der Waals surface area contributed by atoms with E-state index in [1.165, 1.54) is 0 Å². The van der Waals surface area contributed by atoms with Crippen LogP contribution in [-0.4, -0.2) is 22.1 Å². The average molecular weight is 275 g/mol. The summed E-state index contributed by atoms with van der Waals surface area (Å²) in [6, 6.07) is 15.9. The smallest absolute Gasteiger partial charge is 0.160 e. The van der Waals surface area contributed by atoms with Crippen LogP contribution < -0.4 is 4.74 Å². The number of hydrogen-bond acceptors (Lipinski definition) is 3. The van der Waals surface area contributed by atoms with Crippen LogP contribution in [0.5, 0.6) is 5.75 Å². The van der Waals surface area contributed by atoms with E-state index < -0.39 is 0 Å². The van der Waals surface area contributed by atoms with E-state index in [0.717, 1.165) is 33.2 Å². The molecule has 21 heavy (non-hydrogen) atoms. The molecule has 0 spiro atoms. The maximum absolute atomic E-state index is 5.26. The van der Waals surface area contributed by atoms with E-state index in [2.05, 4.69) is 16.0 Å². The molecule has 0 bridgehead atoms. The van der Waals surface area contributed by atoms with Crippen molar-refractivity contribution < 1.29 is 4.74 Å². The zero-order valence-electron chi connectivity index (χ0n) is 11.5. The second-order valence-corrected chi connectivity index (χ2v) is 4.86. The Kier molecular flexibility index (Phi) is 2.60. The van der Waals surface area contributed by atoms with E-state index in [9.17, 15) is 0 Å². The fraction of sp³-hybridized carbons (Fsp3) is 0.0588. The van der Waals surface area contributed by atoms with Crippen LogP contribution in [0.3, 0.4) is 0 Å². The van der Waals surface area contributed by atoms with Crippen LogP contribution >= 0.6 is 0 Å². The lowest BCUT2D eigenvalue weighted by molar-refractivity contribution is 0.415. The fourth-order valence-electron chi connectivity index (χ4n) is 2.52. The van der Waals surface area contributed by atoms with Crippen molar-refractivity contribution in [3.05, 3.63) is 54.7 Å². The highest BCUT2D eigenvalue weighted by Crippen LogP contribution is 2.26. The van der Waals surface area contributed by atoms with Gasteiger partial charge in [-0.3, -0.25) is 0 Å². The normalized spacial score (nSPS) is 11.1. The number of fused-ring (bicyclic) bond motifs is 3. The first kappa shape index (κ1) is 11.9. The number of H-pyrrole nitrogens is 1. The summed E-state index contributed by atoms with van der Waals surface area (Å²) in [7, 11) is 1.66. The van der Waals surface area contributed by atoms with E-state index in [1.54, 1.807) is 7.11 Å². The van der Waals surface area contributed by atoms with Gasteiger partial charge in [-0.05, 0) is 18.2 Å². The van der Waals surface area contributed by atoms with Crippen LogP contribution in [0.4, 0.5) is 0 Å². The second kappa shape index (κ2) is 4.59. The number of rotatable bonds is 2. The van der Waals surface area contributed by atoms with Gasteiger partial charge in [0.2, 0.25) is 0 Å². The van der Waals surface area contributed by atoms with Crippen LogP contribution in [0.15, 0.2) is 54.7 Å². The molecule has 0 aliphatic rings. The number of aromatic amines is 1. The summed E-state index contributed by atoms with van der Waals surface area (Å²) in [4.78, 5) is 12.5. The molecule has 0 unspecified atom stereocenters. The molecule has 4 nitrogen and oxygen atoms in total. The highest BCUT2D eigenvalue weighted by Gasteiger charge is 2.08. The van der Waals surface area contributed by atoms with Gasteiger partial charge in [-0.25, -0.2) is 9.97 Å². The Morgan fingerprint density at radius 2 is 1.90 bits per heavy atom. The molecule has 0 atom stereocenters. The molecule has 1 N–H and O–H groups in total. The summed E-state index contributed by atoms with van der Waals surface area (Å²) in [5, 5.41) is 1.11. The lowest BCUT2D eigenvalue weighted by atomic mass is 10.2. The average Bonchev–Trinajstić information content (AvgIpc) is 2.92. The number of methoxy groups -OCH3 is 1. The highest BCUT2D eigenvalue weighted by atomic mass is 16.5. The molecule has 0 radical (unpaired) electrons. The van der Waals surface area contributed by atoms with Gasteiger partial charge in [0.05, 0.1) is 24.3 Å². The Hall–Kier alpha value is -2.88. The second-order valence-electron chi connectivity index (χ2n) is 4.86. The van der Waals surface area contributed by atoms with Gasteiger partial charge in [0.15, 0.2) is 5.82 Å². The molecule has 0 saturated carbocycles. The molecule has 2 aromatic heterocycles. The Morgan fingerprint density at radius 1 is 1.00 bits per heavy atom. The lowest BCUT2D eigenvalue weighted by Crippen LogP contribution is -1.90. The van der Waals surface area contributed by atoms with Crippen molar-refractivity contribution in [2.24, 2.45) is 0 Å². The largest absolute Gasteiger partial charge is 0.497 e. The van der Waals surface area contributed by atoms with Gasteiger partial charge < -0.3 is 9.72 Å². The van der Waals surface area contributed by atoms with Gasteiger partial charge in [-0.1, -0.05) is 30.3 Å². The molecule has 102 valence electrons. The van der Waals surface area contributed by atoms with Crippen LogP contribution in [0.25, 0.3) is 33.3 Å². The summed E-state index contributed by atoms with van der Waals surface area (Å²) in [5.74, 6) is 1.50. The first-order valence-corrected chi connectivity index (χ1v) is 6.73. The summed E-state index contributed by atoms with van der Waals surface area (Å²) in [5.41, 5.74) is 3.91. The lowest BCUT2D eigenvalue weighted by Gasteiger charge is -2.03. The van der Waals surface area contributed by atoms with Crippen molar-refractivity contribution in [1.29, 1.82) is 0 Å². The van der Waals surface area contributed by atoms with Gasteiger partial charge in [-0.2, -0.15) is 0 Å². The molecule has 4 heteroatoms. The predicted octanol–water partition coefficient (Wildman–Crippen LogP) is 3.79. The number of hydrogen-bond donors (Lipinski definition) is 1. The van der Waals surface area contributed by atoms with Crippen LogP contribution in [0, 0.1) is 0 Å². The predicted molar refractivity (Wildman–Crippen MR) is 83.4 cm³/mol. The highest BCUT2D eigenvalue weighted by molar-refractivity contribution is 6.04. The molecular weight excluding hydrogens is 262 g/mol. The van der Waals surface area contributed by atoms with Crippen molar-refractivity contribution in [3.63, 3.8) is 0 Å². The third kappa shape index (κ3) is 1.92. The van der Waals surface area contributed by atoms with E-state index in [1.807, 2.05) is 48.7 Å². The molecular formula is C17H13N3O. The van der Waals surface area contributed by atoms with Gasteiger partial charge in [0, 0.05) is 16.5 Å². The minimum absolute atomic E-state index is 0.700. The number of nitrogens with zero attached hydrogens (tertiary/aromatic N) is 2. The van der Waals surface area contributed by atoms with Crippen molar-refractivity contribution >= 4 is 21.9 Å². The minimum atomic E-state index is 0.700.